The van der Waals surface area contributed by atoms with E-state index in [9.17, 15) is 18.0 Å². The van der Waals surface area contributed by atoms with Gasteiger partial charge in [0, 0.05) is 31.7 Å². The predicted octanol–water partition coefficient (Wildman–Crippen LogP) is 3.50. The lowest BCUT2D eigenvalue weighted by Gasteiger charge is -2.21. The molecule has 8 nitrogen and oxygen atoms in total. The minimum absolute atomic E-state index is 0.0471. The third kappa shape index (κ3) is 4.63. The summed E-state index contributed by atoms with van der Waals surface area (Å²) in [5.74, 6) is -0.829. The van der Waals surface area contributed by atoms with E-state index in [0.29, 0.717) is 35.4 Å². The molecule has 2 aromatic carbocycles. The molecular weight excluding hydrogens is 430 g/mol. The first-order valence-corrected chi connectivity index (χ1v) is 12.3. The lowest BCUT2D eigenvalue weighted by Crippen LogP contribution is -2.32. The largest absolute Gasteiger partial charge is 0.419 e. The molecule has 4 rings (SSSR count). The molecule has 1 aliphatic rings. The molecule has 2 heterocycles. The monoisotopic (exact) mass is 457 g/mol. The van der Waals surface area contributed by atoms with Crippen LogP contribution in [0.15, 0.2) is 56.6 Å². The normalized spacial score (nSPS) is 15.5. The van der Waals surface area contributed by atoms with Gasteiger partial charge in [-0.2, -0.15) is 4.31 Å². The molecule has 32 heavy (non-hydrogen) atoms. The van der Waals surface area contributed by atoms with Crippen LogP contribution in [-0.2, 0) is 21.4 Å². The Morgan fingerprint density at radius 3 is 2.53 bits per heavy atom. The average Bonchev–Trinajstić information content (AvgIpc) is 2.93. The Morgan fingerprint density at radius 1 is 1.06 bits per heavy atom. The van der Waals surface area contributed by atoms with E-state index in [2.05, 4.69) is 5.32 Å². The highest BCUT2D eigenvalue weighted by atomic mass is 32.2. The smallest absolute Gasteiger partial charge is 0.408 e. The minimum Gasteiger partial charge on any atom is -0.408 e. The van der Waals surface area contributed by atoms with Crippen molar-refractivity contribution in [3.8, 4) is 0 Å². The predicted molar refractivity (Wildman–Crippen MR) is 122 cm³/mol. The number of aromatic nitrogens is 1. The van der Waals surface area contributed by atoms with Crippen LogP contribution in [0.2, 0.25) is 0 Å². The molecule has 0 saturated carbocycles. The van der Waals surface area contributed by atoms with Crippen LogP contribution in [-0.4, -0.2) is 36.3 Å². The first-order valence-electron chi connectivity index (χ1n) is 10.9. The van der Waals surface area contributed by atoms with Crippen molar-refractivity contribution in [1.29, 1.82) is 0 Å². The van der Waals surface area contributed by atoms with Crippen molar-refractivity contribution in [2.75, 3.05) is 18.4 Å². The number of amides is 1. The second-order valence-corrected chi connectivity index (χ2v) is 9.99. The summed E-state index contributed by atoms with van der Waals surface area (Å²) in [6.45, 7) is 2.96. The number of hydrogen-bond acceptors (Lipinski definition) is 5. The highest BCUT2D eigenvalue weighted by molar-refractivity contribution is 7.89. The number of oxazole rings is 1. The number of rotatable bonds is 6. The van der Waals surface area contributed by atoms with Crippen LogP contribution in [0, 0.1) is 6.92 Å². The molecule has 0 atom stereocenters. The maximum absolute atomic E-state index is 13.2. The molecule has 0 radical (unpaired) electrons. The summed E-state index contributed by atoms with van der Waals surface area (Å²) in [6, 6.07) is 11.9. The number of sulfonamides is 1. The summed E-state index contributed by atoms with van der Waals surface area (Å²) >= 11 is 0. The number of nitrogens with one attached hydrogen (secondary N) is 1. The SMILES string of the molecule is Cc1ccc(NC(=O)CCn2c(=O)oc3ccccc32)cc1S(=O)(=O)N1CCCCCC1. The number of aryl methyl sites for hydroxylation is 2. The van der Waals surface area contributed by atoms with Gasteiger partial charge < -0.3 is 9.73 Å². The van der Waals surface area contributed by atoms with Gasteiger partial charge in [0.15, 0.2) is 5.58 Å². The summed E-state index contributed by atoms with van der Waals surface area (Å²) in [5, 5.41) is 2.76. The molecule has 0 spiro atoms. The fraction of sp³-hybridized carbons (Fsp3) is 0.391. The molecule has 1 aliphatic heterocycles. The third-order valence-corrected chi connectivity index (χ3v) is 7.83. The van der Waals surface area contributed by atoms with Crippen LogP contribution in [0.1, 0.15) is 37.7 Å². The fourth-order valence-electron chi connectivity index (χ4n) is 4.04. The van der Waals surface area contributed by atoms with Crippen molar-refractivity contribution in [2.24, 2.45) is 0 Å². The van der Waals surface area contributed by atoms with Crippen LogP contribution in [0.25, 0.3) is 11.1 Å². The molecule has 0 aliphatic carbocycles. The number of carbonyl (C=O) groups excluding carboxylic acids is 1. The number of benzene rings is 2. The Balaban J connectivity index is 1.48. The summed E-state index contributed by atoms with van der Waals surface area (Å²) in [5.41, 5.74) is 2.16. The molecule has 1 saturated heterocycles. The quantitative estimate of drug-likeness (QED) is 0.610. The van der Waals surface area contributed by atoms with E-state index < -0.39 is 15.8 Å². The molecule has 0 bridgehead atoms. The zero-order chi connectivity index (χ0) is 22.7. The topological polar surface area (TPSA) is 102 Å². The average molecular weight is 458 g/mol. The van der Waals surface area contributed by atoms with Crippen molar-refractivity contribution in [1.82, 2.24) is 8.87 Å². The van der Waals surface area contributed by atoms with Crippen molar-refractivity contribution < 1.29 is 17.6 Å². The highest BCUT2D eigenvalue weighted by Crippen LogP contribution is 2.26. The van der Waals surface area contributed by atoms with E-state index in [4.69, 9.17) is 4.42 Å². The van der Waals surface area contributed by atoms with Crippen molar-refractivity contribution in [2.45, 2.75) is 50.5 Å². The number of carbonyl (C=O) groups is 1. The summed E-state index contributed by atoms with van der Waals surface area (Å²) in [4.78, 5) is 24.8. The molecule has 0 unspecified atom stereocenters. The van der Waals surface area contributed by atoms with E-state index in [1.807, 2.05) is 0 Å². The van der Waals surface area contributed by atoms with E-state index in [0.717, 1.165) is 25.7 Å². The van der Waals surface area contributed by atoms with Crippen LogP contribution < -0.4 is 11.1 Å². The molecule has 3 aromatic rings. The van der Waals surface area contributed by atoms with Gasteiger partial charge in [-0.25, -0.2) is 13.2 Å². The molecule has 1 N–H and O–H groups in total. The van der Waals surface area contributed by atoms with Gasteiger partial charge in [0.2, 0.25) is 15.9 Å². The fourth-order valence-corrected chi connectivity index (χ4v) is 5.81. The van der Waals surface area contributed by atoms with Gasteiger partial charge in [-0.05, 0) is 49.6 Å². The van der Waals surface area contributed by atoms with E-state index in [1.165, 1.54) is 10.6 Å². The standard InChI is InChI=1S/C23H27N3O5S/c1-17-10-11-18(16-21(17)32(29,30)25-13-6-2-3-7-14-25)24-22(27)12-15-26-19-8-4-5-9-20(19)31-23(26)28/h4-5,8-11,16H,2-3,6-7,12-15H2,1H3,(H,24,27). The molecule has 9 heteroatoms. The van der Waals surface area contributed by atoms with E-state index >= 15 is 0 Å². The number of fused-ring (bicyclic) bond motifs is 1. The van der Waals surface area contributed by atoms with E-state index in [1.54, 1.807) is 47.6 Å². The van der Waals surface area contributed by atoms with Gasteiger partial charge in [-0.15, -0.1) is 0 Å². The molecular formula is C23H27N3O5S. The molecule has 170 valence electrons. The van der Waals surface area contributed by atoms with Crippen molar-refractivity contribution in [3.05, 3.63) is 58.6 Å². The van der Waals surface area contributed by atoms with Crippen LogP contribution in [0.3, 0.4) is 0 Å². The Bertz CT molecular complexity index is 1280. The van der Waals surface area contributed by atoms with Crippen molar-refractivity contribution >= 4 is 32.7 Å². The van der Waals surface area contributed by atoms with Gasteiger partial charge in [-0.3, -0.25) is 9.36 Å². The second kappa shape index (κ2) is 9.30. The Labute approximate surface area is 186 Å². The molecule has 1 fully saturated rings. The minimum atomic E-state index is -3.63. The molecule has 1 aromatic heterocycles. The van der Waals surface area contributed by atoms with E-state index in [-0.39, 0.29) is 23.8 Å². The number of para-hydroxylation sites is 2. The maximum Gasteiger partial charge on any atom is 0.419 e. The molecule has 1 amide bonds. The Kier molecular flexibility index (Phi) is 6.48. The van der Waals surface area contributed by atoms with Gasteiger partial charge in [0.1, 0.15) is 0 Å². The third-order valence-electron chi connectivity index (χ3n) is 5.79. The number of nitrogens with zero attached hydrogens (tertiary/aromatic N) is 2. The summed E-state index contributed by atoms with van der Waals surface area (Å²) in [7, 11) is -3.63. The highest BCUT2D eigenvalue weighted by Gasteiger charge is 2.27. The lowest BCUT2D eigenvalue weighted by atomic mass is 10.2. The van der Waals surface area contributed by atoms with Gasteiger partial charge >= 0.3 is 5.76 Å². The second-order valence-electron chi connectivity index (χ2n) is 8.08. The van der Waals surface area contributed by atoms with Crippen LogP contribution in [0.4, 0.5) is 5.69 Å². The Morgan fingerprint density at radius 2 is 1.78 bits per heavy atom. The maximum atomic E-state index is 13.2. The number of anilines is 1. The van der Waals surface area contributed by atoms with Crippen LogP contribution >= 0.6 is 0 Å². The van der Waals surface area contributed by atoms with Gasteiger partial charge in [-0.1, -0.05) is 31.0 Å². The number of hydrogen-bond donors (Lipinski definition) is 1. The van der Waals surface area contributed by atoms with Gasteiger partial charge in [0.25, 0.3) is 0 Å². The first-order chi connectivity index (χ1) is 15.4. The zero-order valence-electron chi connectivity index (χ0n) is 18.0. The Hall–Kier alpha value is -2.91. The lowest BCUT2D eigenvalue weighted by molar-refractivity contribution is -0.116. The van der Waals surface area contributed by atoms with Crippen molar-refractivity contribution in [3.63, 3.8) is 0 Å². The van der Waals surface area contributed by atoms with Crippen LogP contribution in [0.5, 0.6) is 0 Å². The summed E-state index contributed by atoms with van der Waals surface area (Å²) < 4.78 is 34.6. The van der Waals surface area contributed by atoms with Gasteiger partial charge in [0.05, 0.1) is 10.4 Å². The summed E-state index contributed by atoms with van der Waals surface area (Å²) in [6.07, 6.45) is 3.84. The zero-order valence-corrected chi connectivity index (χ0v) is 18.9. The first kappa shape index (κ1) is 22.3.